The SMILES string of the molecule is CC(C)C1CS(=O)CC(C)(C)N1. The number of rotatable bonds is 1. The minimum atomic E-state index is -0.623. The fraction of sp³-hybridized carbons (Fsp3) is 1.00. The second kappa shape index (κ2) is 3.46. The van der Waals surface area contributed by atoms with Gasteiger partial charge in [-0.1, -0.05) is 13.8 Å². The predicted molar refractivity (Wildman–Crippen MR) is 53.7 cm³/mol. The summed E-state index contributed by atoms with van der Waals surface area (Å²) < 4.78 is 11.5. The zero-order valence-corrected chi connectivity index (χ0v) is 9.20. The van der Waals surface area contributed by atoms with Gasteiger partial charge in [0.05, 0.1) is 0 Å². The lowest BCUT2D eigenvalue weighted by Gasteiger charge is -2.38. The lowest BCUT2D eigenvalue weighted by atomic mass is 10.0. The highest BCUT2D eigenvalue weighted by molar-refractivity contribution is 7.85. The number of nitrogens with one attached hydrogen (secondary N) is 1. The van der Waals surface area contributed by atoms with Crippen LogP contribution in [0, 0.1) is 5.92 Å². The van der Waals surface area contributed by atoms with Crippen LogP contribution in [0.1, 0.15) is 27.7 Å². The summed E-state index contributed by atoms with van der Waals surface area (Å²) >= 11 is 0. The smallest absolute Gasteiger partial charge is 0.0412 e. The molecule has 0 aromatic carbocycles. The molecule has 2 unspecified atom stereocenters. The molecule has 0 aliphatic carbocycles. The van der Waals surface area contributed by atoms with Gasteiger partial charge in [0, 0.05) is 33.9 Å². The highest BCUT2D eigenvalue weighted by atomic mass is 32.2. The maximum Gasteiger partial charge on any atom is 0.0412 e. The van der Waals surface area contributed by atoms with Crippen molar-refractivity contribution in [1.29, 1.82) is 0 Å². The summed E-state index contributed by atoms with van der Waals surface area (Å²) in [6, 6.07) is 0.426. The second-order valence-corrected chi connectivity index (χ2v) is 6.13. The molecule has 2 nitrogen and oxygen atoms in total. The number of hydrogen-bond donors (Lipinski definition) is 1. The molecule has 0 bridgehead atoms. The van der Waals surface area contributed by atoms with E-state index in [1.165, 1.54) is 0 Å². The van der Waals surface area contributed by atoms with Gasteiger partial charge >= 0.3 is 0 Å². The van der Waals surface area contributed by atoms with E-state index >= 15 is 0 Å². The van der Waals surface area contributed by atoms with E-state index in [1.54, 1.807) is 0 Å². The molecular weight excluding hydrogens is 170 g/mol. The third kappa shape index (κ3) is 2.56. The van der Waals surface area contributed by atoms with Crippen LogP contribution >= 0.6 is 0 Å². The minimum absolute atomic E-state index is 0.0536. The Morgan fingerprint density at radius 3 is 2.50 bits per heavy atom. The molecule has 0 radical (unpaired) electrons. The van der Waals surface area contributed by atoms with Gasteiger partial charge in [0.15, 0.2) is 0 Å². The van der Waals surface area contributed by atoms with Crippen LogP contribution < -0.4 is 5.32 Å². The summed E-state index contributed by atoms with van der Waals surface area (Å²) in [4.78, 5) is 0. The maximum absolute atomic E-state index is 11.5. The molecule has 0 aromatic heterocycles. The molecule has 12 heavy (non-hydrogen) atoms. The van der Waals surface area contributed by atoms with E-state index in [0.717, 1.165) is 11.5 Å². The van der Waals surface area contributed by atoms with E-state index in [9.17, 15) is 4.21 Å². The summed E-state index contributed by atoms with van der Waals surface area (Å²) in [5.74, 6) is 2.19. The Bertz CT molecular complexity index is 189. The van der Waals surface area contributed by atoms with Gasteiger partial charge in [-0.15, -0.1) is 0 Å². The van der Waals surface area contributed by atoms with Crippen molar-refractivity contribution in [2.24, 2.45) is 5.92 Å². The first-order valence-electron chi connectivity index (χ1n) is 4.53. The fourth-order valence-electron chi connectivity index (χ4n) is 1.61. The molecule has 1 aliphatic rings. The summed E-state index contributed by atoms with van der Waals surface area (Å²) in [5.41, 5.74) is 0.0536. The van der Waals surface area contributed by atoms with Gasteiger partial charge in [-0.2, -0.15) is 0 Å². The molecule has 1 saturated heterocycles. The highest BCUT2D eigenvalue weighted by Crippen LogP contribution is 2.17. The van der Waals surface area contributed by atoms with Crippen LogP contribution in [-0.2, 0) is 10.8 Å². The first-order chi connectivity index (χ1) is 5.41. The van der Waals surface area contributed by atoms with Crippen LogP contribution in [0.2, 0.25) is 0 Å². The quantitative estimate of drug-likeness (QED) is 0.670. The molecule has 0 amide bonds. The molecule has 0 spiro atoms. The van der Waals surface area contributed by atoms with E-state index in [4.69, 9.17) is 0 Å². The Kier molecular flexibility index (Phi) is 2.94. The standard InChI is InChI=1S/C9H19NOS/c1-7(2)8-5-12(11)6-9(3,4)10-8/h7-8,10H,5-6H2,1-4H3. The molecular formula is C9H19NOS. The first-order valence-corrected chi connectivity index (χ1v) is 6.02. The van der Waals surface area contributed by atoms with E-state index < -0.39 is 10.8 Å². The summed E-state index contributed by atoms with van der Waals surface area (Å²) in [5, 5.41) is 3.53. The molecule has 1 heterocycles. The zero-order chi connectivity index (χ0) is 9.35. The highest BCUT2D eigenvalue weighted by Gasteiger charge is 2.32. The zero-order valence-electron chi connectivity index (χ0n) is 8.39. The van der Waals surface area contributed by atoms with E-state index in [2.05, 4.69) is 33.0 Å². The third-order valence-corrected chi connectivity index (χ3v) is 4.04. The van der Waals surface area contributed by atoms with Crippen molar-refractivity contribution in [2.45, 2.75) is 39.3 Å². The van der Waals surface area contributed by atoms with Crippen molar-refractivity contribution in [3.63, 3.8) is 0 Å². The minimum Gasteiger partial charge on any atom is -0.307 e. The van der Waals surface area contributed by atoms with E-state index in [1.807, 2.05) is 0 Å². The molecule has 2 atom stereocenters. The predicted octanol–water partition coefficient (Wildman–Crippen LogP) is 1.14. The largest absolute Gasteiger partial charge is 0.307 e. The molecule has 3 heteroatoms. The van der Waals surface area contributed by atoms with Crippen molar-refractivity contribution in [1.82, 2.24) is 5.32 Å². The Morgan fingerprint density at radius 1 is 1.50 bits per heavy atom. The van der Waals surface area contributed by atoms with Crippen LogP contribution in [0.25, 0.3) is 0 Å². The van der Waals surface area contributed by atoms with Crippen molar-refractivity contribution in [3.05, 3.63) is 0 Å². The van der Waals surface area contributed by atoms with Gasteiger partial charge in [-0.3, -0.25) is 4.21 Å². The molecule has 1 N–H and O–H groups in total. The van der Waals surface area contributed by atoms with Crippen LogP contribution in [0.15, 0.2) is 0 Å². The maximum atomic E-state index is 11.5. The van der Waals surface area contributed by atoms with E-state index in [0.29, 0.717) is 12.0 Å². The Balaban J connectivity index is 2.64. The van der Waals surface area contributed by atoms with Crippen molar-refractivity contribution < 1.29 is 4.21 Å². The lowest BCUT2D eigenvalue weighted by molar-refractivity contribution is 0.313. The summed E-state index contributed by atoms with van der Waals surface area (Å²) in [6.07, 6.45) is 0. The van der Waals surface area contributed by atoms with Crippen molar-refractivity contribution >= 4 is 10.8 Å². The lowest BCUT2D eigenvalue weighted by Crippen LogP contribution is -2.58. The average molecular weight is 189 g/mol. The Morgan fingerprint density at radius 2 is 2.08 bits per heavy atom. The van der Waals surface area contributed by atoms with Gasteiger partial charge in [0.1, 0.15) is 0 Å². The van der Waals surface area contributed by atoms with Gasteiger partial charge < -0.3 is 5.32 Å². The van der Waals surface area contributed by atoms with Crippen LogP contribution in [0.4, 0.5) is 0 Å². The summed E-state index contributed by atoms with van der Waals surface area (Å²) in [6.45, 7) is 8.60. The third-order valence-electron chi connectivity index (χ3n) is 2.27. The average Bonchev–Trinajstić information content (AvgIpc) is 1.82. The molecule has 72 valence electrons. The van der Waals surface area contributed by atoms with Crippen LogP contribution in [-0.4, -0.2) is 27.3 Å². The van der Waals surface area contributed by atoms with Gasteiger partial charge in [-0.25, -0.2) is 0 Å². The van der Waals surface area contributed by atoms with Crippen LogP contribution in [0.3, 0.4) is 0 Å². The van der Waals surface area contributed by atoms with Gasteiger partial charge in [0.2, 0.25) is 0 Å². The van der Waals surface area contributed by atoms with Crippen molar-refractivity contribution in [2.75, 3.05) is 11.5 Å². The Hall–Kier alpha value is 0.110. The van der Waals surface area contributed by atoms with E-state index in [-0.39, 0.29) is 5.54 Å². The first kappa shape index (κ1) is 10.2. The molecule has 1 fully saturated rings. The topological polar surface area (TPSA) is 29.1 Å². The molecule has 1 aliphatic heterocycles. The molecule has 0 aromatic rings. The summed E-state index contributed by atoms with van der Waals surface area (Å²) in [7, 11) is -0.623. The van der Waals surface area contributed by atoms with Gasteiger partial charge in [-0.05, 0) is 19.8 Å². The van der Waals surface area contributed by atoms with Gasteiger partial charge in [0.25, 0.3) is 0 Å². The molecule has 1 rings (SSSR count). The van der Waals surface area contributed by atoms with Crippen molar-refractivity contribution in [3.8, 4) is 0 Å². The fourth-order valence-corrected chi connectivity index (χ4v) is 3.48. The molecule has 0 saturated carbocycles. The normalized spacial score (nSPS) is 35.4. The monoisotopic (exact) mass is 189 g/mol. The van der Waals surface area contributed by atoms with Crippen LogP contribution in [0.5, 0.6) is 0 Å². The second-order valence-electron chi connectivity index (χ2n) is 4.63. The number of hydrogen-bond acceptors (Lipinski definition) is 2. The Labute approximate surface area is 77.6 Å².